The molecule has 0 unspecified atom stereocenters. The zero-order valence-electron chi connectivity index (χ0n) is 8.94. The zero-order valence-corrected chi connectivity index (χ0v) is 8.94. The van der Waals surface area contributed by atoms with E-state index in [1.54, 1.807) is 17.9 Å². The second-order valence-electron chi connectivity index (χ2n) is 3.36. The van der Waals surface area contributed by atoms with E-state index in [1.165, 1.54) is 0 Å². The summed E-state index contributed by atoms with van der Waals surface area (Å²) >= 11 is 0. The molecular weight excluding hydrogens is 210 g/mol. The minimum Gasteiger partial charge on any atom is -0.288 e. The van der Waals surface area contributed by atoms with Gasteiger partial charge < -0.3 is 0 Å². The van der Waals surface area contributed by atoms with Crippen molar-refractivity contribution in [1.82, 2.24) is 20.4 Å². The number of carbonyl (C=O) groups is 2. The van der Waals surface area contributed by atoms with E-state index in [2.05, 4.69) is 20.7 Å². The lowest BCUT2D eigenvalue weighted by Gasteiger charge is -1.95. The maximum Gasteiger partial charge on any atom is 0.316 e. The van der Waals surface area contributed by atoms with Gasteiger partial charge in [0.05, 0.1) is 11.9 Å². The van der Waals surface area contributed by atoms with Crippen LogP contribution in [0.25, 0.3) is 0 Å². The molecule has 2 amide bonds. The Morgan fingerprint density at radius 2 is 2.00 bits per heavy atom. The number of aromatic nitrogens is 2. The number of hydrogen-bond donors (Lipinski definition) is 2. The van der Waals surface area contributed by atoms with Crippen LogP contribution in [-0.4, -0.2) is 27.6 Å². The number of nitrogens with zero attached hydrogens (tertiary/aromatic N) is 3. The standard InChI is InChI=1S/C9H11N5O2/c1-3-5-6(4-14(2)13-5)10-9-11-7(15)8(16)12-9/h4H,3H2,1-2H3,(H2,10,11,12,15,16). The van der Waals surface area contributed by atoms with Gasteiger partial charge in [-0.1, -0.05) is 6.92 Å². The Bertz CT molecular complexity index is 470. The van der Waals surface area contributed by atoms with Crippen LogP contribution in [0.4, 0.5) is 5.69 Å². The molecule has 0 radical (unpaired) electrons. The Morgan fingerprint density at radius 1 is 1.38 bits per heavy atom. The van der Waals surface area contributed by atoms with Gasteiger partial charge in [0.15, 0.2) is 0 Å². The number of aryl methyl sites for hydroxylation is 2. The molecule has 1 aliphatic heterocycles. The first-order valence-corrected chi connectivity index (χ1v) is 4.83. The van der Waals surface area contributed by atoms with Crippen LogP contribution in [0.15, 0.2) is 11.2 Å². The molecule has 7 nitrogen and oxygen atoms in total. The Morgan fingerprint density at radius 3 is 2.56 bits per heavy atom. The highest BCUT2D eigenvalue weighted by molar-refractivity contribution is 6.45. The molecule has 1 fully saturated rings. The number of rotatable bonds is 2. The first-order valence-electron chi connectivity index (χ1n) is 4.83. The first-order chi connectivity index (χ1) is 7.60. The van der Waals surface area contributed by atoms with Crippen LogP contribution in [0, 0.1) is 0 Å². The molecule has 1 aliphatic rings. The lowest BCUT2D eigenvalue weighted by Crippen LogP contribution is -2.25. The molecule has 1 saturated heterocycles. The Hall–Kier alpha value is -2.18. The van der Waals surface area contributed by atoms with Gasteiger partial charge in [-0.05, 0) is 6.42 Å². The van der Waals surface area contributed by atoms with E-state index in [9.17, 15) is 9.59 Å². The van der Waals surface area contributed by atoms with Crippen molar-refractivity contribution < 1.29 is 9.59 Å². The molecule has 0 aromatic carbocycles. The summed E-state index contributed by atoms with van der Waals surface area (Å²) in [5.74, 6) is -1.24. The van der Waals surface area contributed by atoms with Crippen LogP contribution >= 0.6 is 0 Å². The van der Waals surface area contributed by atoms with E-state index in [0.29, 0.717) is 5.69 Å². The molecule has 84 valence electrons. The predicted octanol–water partition coefficient (Wildman–Crippen LogP) is -0.784. The molecule has 0 spiro atoms. The smallest absolute Gasteiger partial charge is 0.288 e. The number of aliphatic imine (C=N–C) groups is 1. The highest BCUT2D eigenvalue weighted by atomic mass is 16.2. The van der Waals surface area contributed by atoms with Gasteiger partial charge in [0, 0.05) is 7.05 Å². The fraction of sp³-hybridized carbons (Fsp3) is 0.333. The summed E-state index contributed by atoms with van der Waals surface area (Å²) in [6, 6.07) is 0. The van der Waals surface area contributed by atoms with Gasteiger partial charge in [0.25, 0.3) is 0 Å². The van der Waals surface area contributed by atoms with Gasteiger partial charge in [-0.3, -0.25) is 24.9 Å². The Balaban J connectivity index is 2.29. The zero-order chi connectivity index (χ0) is 11.7. The second kappa shape index (κ2) is 3.76. The summed E-state index contributed by atoms with van der Waals surface area (Å²) < 4.78 is 1.64. The quantitative estimate of drug-likeness (QED) is 0.642. The molecule has 1 aromatic rings. The van der Waals surface area contributed by atoms with E-state index < -0.39 is 11.8 Å². The number of hydrogen-bond acceptors (Lipinski definition) is 4. The third kappa shape index (κ3) is 1.79. The second-order valence-corrected chi connectivity index (χ2v) is 3.36. The van der Waals surface area contributed by atoms with Crippen LogP contribution < -0.4 is 10.6 Å². The number of carbonyl (C=O) groups excluding carboxylic acids is 2. The lowest BCUT2D eigenvalue weighted by molar-refractivity contribution is -0.135. The first kappa shape index (κ1) is 10.3. The minimum atomic E-state index is -0.694. The van der Waals surface area contributed by atoms with E-state index >= 15 is 0 Å². The fourth-order valence-electron chi connectivity index (χ4n) is 1.40. The van der Waals surface area contributed by atoms with Crippen LogP contribution in [-0.2, 0) is 23.1 Å². The van der Waals surface area contributed by atoms with Crippen molar-refractivity contribution in [3.63, 3.8) is 0 Å². The maximum atomic E-state index is 10.9. The Kier molecular flexibility index (Phi) is 2.43. The largest absolute Gasteiger partial charge is 0.316 e. The highest BCUT2D eigenvalue weighted by Crippen LogP contribution is 2.17. The van der Waals surface area contributed by atoms with Gasteiger partial charge in [-0.25, -0.2) is 4.99 Å². The molecule has 0 saturated carbocycles. The number of nitrogens with one attached hydrogen (secondary N) is 2. The van der Waals surface area contributed by atoms with Crippen molar-refractivity contribution in [2.45, 2.75) is 13.3 Å². The van der Waals surface area contributed by atoms with Gasteiger partial charge in [0.1, 0.15) is 5.69 Å². The summed E-state index contributed by atoms with van der Waals surface area (Å²) in [4.78, 5) is 25.9. The van der Waals surface area contributed by atoms with Crippen molar-refractivity contribution >= 4 is 23.5 Å². The van der Waals surface area contributed by atoms with Crippen LogP contribution in [0.3, 0.4) is 0 Å². The summed E-state index contributed by atoms with van der Waals surface area (Å²) in [6.07, 6.45) is 2.46. The van der Waals surface area contributed by atoms with Crippen molar-refractivity contribution in [3.05, 3.63) is 11.9 Å². The fourth-order valence-corrected chi connectivity index (χ4v) is 1.40. The molecule has 2 rings (SSSR count). The average molecular weight is 221 g/mol. The van der Waals surface area contributed by atoms with Crippen LogP contribution in [0.5, 0.6) is 0 Å². The predicted molar refractivity (Wildman–Crippen MR) is 56.0 cm³/mol. The third-order valence-corrected chi connectivity index (χ3v) is 2.12. The van der Waals surface area contributed by atoms with Crippen molar-refractivity contribution in [3.8, 4) is 0 Å². The molecule has 0 atom stereocenters. The van der Waals surface area contributed by atoms with Gasteiger partial charge in [-0.2, -0.15) is 5.10 Å². The third-order valence-electron chi connectivity index (χ3n) is 2.12. The molecule has 0 aliphatic carbocycles. The van der Waals surface area contributed by atoms with Crippen molar-refractivity contribution in [1.29, 1.82) is 0 Å². The molecule has 7 heteroatoms. The normalized spacial score (nSPS) is 15.0. The minimum absolute atomic E-state index is 0.151. The average Bonchev–Trinajstić information content (AvgIpc) is 2.72. The monoisotopic (exact) mass is 221 g/mol. The van der Waals surface area contributed by atoms with E-state index in [0.717, 1.165) is 12.1 Å². The van der Waals surface area contributed by atoms with Gasteiger partial charge in [0.2, 0.25) is 5.96 Å². The summed E-state index contributed by atoms with van der Waals surface area (Å²) in [6.45, 7) is 1.96. The molecule has 0 bridgehead atoms. The van der Waals surface area contributed by atoms with E-state index in [-0.39, 0.29) is 5.96 Å². The summed E-state index contributed by atoms with van der Waals surface area (Å²) in [5.41, 5.74) is 1.45. The van der Waals surface area contributed by atoms with E-state index in [4.69, 9.17) is 0 Å². The SMILES string of the molecule is CCc1nn(C)cc1N=C1NC(=O)C(=O)N1. The molecule has 2 N–H and O–H groups in total. The van der Waals surface area contributed by atoms with Gasteiger partial charge in [-0.15, -0.1) is 0 Å². The summed E-state index contributed by atoms with van der Waals surface area (Å²) in [5, 5.41) is 8.85. The van der Waals surface area contributed by atoms with Gasteiger partial charge >= 0.3 is 11.8 Å². The number of guanidine groups is 1. The topological polar surface area (TPSA) is 88.4 Å². The number of amides is 2. The maximum absolute atomic E-state index is 10.9. The lowest BCUT2D eigenvalue weighted by atomic mass is 10.3. The van der Waals surface area contributed by atoms with E-state index in [1.807, 2.05) is 6.92 Å². The highest BCUT2D eigenvalue weighted by Gasteiger charge is 2.25. The molecule has 2 heterocycles. The Labute approximate surface area is 91.5 Å². The van der Waals surface area contributed by atoms with Crippen LogP contribution in [0.2, 0.25) is 0 Å². The molecule has 1 aromatic heterocycles. The van der Waals surface area contributed by atoms with Crippen LogP contribution in [0.1, 0.15) is 12.6 Å². The van der Waals surface area contributed by atoms with Crippen molar-refractivity contribution in [2.75, 3.05) is 0 Å². The molecule has 16 heavy (non-hydrogen) atoms. The summed E-state index contributed by atoms with van der Waals surface area (Å²) in [7, 11) is 1.79. The molecular formula is C9H11N5O2. The van der Waals surface area contributed by atoms with Crippen molar-refractivity contribution in [2.24, 2.45) is 12.0 Å².